The lowest BCUT2D eigenvalue weighted by Crippen LogP contribution is -2.33. The molecule has 1 saturated carbocycles. The maximum absolute atomic E-state index is 12.1. The molecule has 2 fully saturated rings. The van der Waals surface area contributed by atoms with Gasteiger partial charge >= 0.3 is 5.97 Å². The van der Waals surface area contributed by atoms with Gasteiger partial charge in [0.15, 0.2) is 0 Å². The van der Waals surface area contributed by atoms with Gasteiger partial charge in [-0.15, -0.1) is 0 Å². The monoisotopic (exact) mass is 267 g/mol. The number of amides is 1. The Bertz CT molecular complexity index is 334. The fourth-order valence-corrected chi connectivity index (χ4v) is 3.57. The first-order valence-electron chi connectivity index (χ1n) is 7.61. The molecule has 0 radical (unpaired) electrons. The van der Waals surface area contributed by atoms with E-state index >= 15 is 0 Å². The lowest BCUT2D eigenvalue weighted by Gasteiger charge is -2.33. The summed E-state index contributed by atoms with van der Waals surface area (Å²) in [6.07, 6.45) is 9.75. The highest BCUT2D eigenvalue weighted by molar-refractivity contribution is 5.76. The highest BCUT2D eigenvalue weighted by Crippen LogP contribution is 2.43. The Kier molecular flexibility index (Phi) is 4.83. The van der Waals surface area contributed by atoms with E-state index in [1.807, 2.05) is 4.90 Å². The van der Waals surface area contributed by atoms with Crippen LogP contribution in [0.3, 0.4) is 0 Å². The Morgan fingerprint density at radius 2 is 1.68 bits per heavy atom. The highest BCUT2D eigenvalue weighted by atomic mass is 16.4. The summed E-state index contributed by atoms with van der Waals surface area (Å²) in [5.41, 5.74) is 0.426. The van der Waals surface area contributed by atoms with Crippen molar-refractivity contribution in [3.05, 3.63) is 0 Å². The molecule has 19 heavy (non-hydrogen) atoms. The van der Waals surface area contributed by atoms with Crippen LogP contribution in [0.4, 0.5) is 0 Å². The Morgan fingerprint density at radius 3 is 2.37 bits per heavy atom. The van der Waals surface area contributed by atoms with Gasteiger partial charge < -0.3 is 10.0 Å². The molecule has 0 bridgehead atoms. The first-order chi connectivity index (χ1) is 9.11. The van der Waals surface area contributed by atoms with Crippen molar-refractivity contribution in [2.24, 2.45) is 5.41 Å². The number of carboxylic acids is 1. The van der Waals surface area contributed by atoms with E-state index in [1.54, 1.807) is 0 Å². The molecule has 1 aliphatic heterocycles. The average molecular weight is 267 g/mol. The molecular formula is C15H25NO3. The first-order valence-corrected chi connectivity index (χ1v) is 7.61. The van der Waals surface area contributed by atoms with E-state index < -0.39 is 5.97 Å². The van der Waals surface area contributed by atoms with E-state index in [9.17, 15) is 9.59 Å². The lowest BCUT2D eigenvalue weighted by atomic mass is 9.73. The third-order valence-corrected chi connectivity index (χ3v) is 4.74. The van der Waals surface area contributed by atoms with Gasteiger partial charge in [-0.05, 0) is 37.5 Å². The smallest absolute Gasteiger partial charge is 0.303 e. The van der Waals surface area contributed by atoms with Crippen LogP contribution in [0.1, 0.15) is 64.2 Å². The number of aliphatic carboxylic acids is 1. The summed E-state index contributed by atoms with van der Waals surface area (Å²) in [6, 6.07) is 0. The number of likely N-dealkylation sites (tertiary alicyclic amines) is 1. The van der Waals surface area contributed by atoms with Crippen LogP contribution < -0.4 is 0 Å². The molecule has 1 amide bonds. The van der Waals surface area contributed by atoms with Crippen molar-refractivity contribution in [3.8, 4) is 0 Å². The molecule has 0 aromatic heterocycles. The zero-order chi connectivity index (χ0) is 13.7. The largest absolute Gasteiger partial charge is 0.481 e. The van der Waals surface area contributed by atoms with Crippen molar-refractivity contribution in [3.63, 3.8) is 0 Å². The molecule has 0 atom stereocenters. The highest BCUT2D eigenvalue weighted by Gasteiger charge is 2.39. The summed E-state index contributed by atoms with van der Waals surface area (Å²) < 4.78 is 0. The quantitative estimate of drug-likeness (QED) is 0.779. The SMILES string of the molecule is O=C(O)CCCCC(=O)N1CCC2(CCCCC2)C1. The topological polar surface area (TPSA) is 57.6 Å². The maximum atomic E-state index is 12.1. The second-order valence-electron chi connectivity index (χ2n) is 6.23. The summed E-state index contributed by atoms with van der Waals surface area (Å²) in [5.74, 6) is -0.539. The third-order valence-electron chi connectivity index (χ3n) is 4.74. The molecule has 0 aromatic rings. The minimum absolute atomic E-state index is 0.178. The normalized spacial score (nSPS) is 21.8. The van der Waals surface area contributed by atoms with Gasteiger partial charge in [0, 0.05) is 25.9 Å². The molecule has 1 N–H and O–H groups in total. The Labute approximate surface area is 115 Å². The van der Waals surface area contributed by atoms with Gasteiger partial charge in [0.25, 0.3) is 0 Å². The zero-order valence-electron chi connectivity index (χ0n) is 11.7. The van der Waals surface area contributed by atoms with Crippen molar-refractivity contribution >= 4 is 11.9 Å². The molecule has 1 saturated heterocycles. The van der Waals surface area contributed by atoms with Crippen LogP contribution in [0.2, 0.25) is 0 Å². The minimum Gasteiger partial charge on any atom is -0.481 e. The van der Waals surface area contributed by atoms with E-state index in [1.165, 1.54) is 38.5 Å². The fraction of sp³-hybridized carbons (Fsp3) is 0.867. The minimum atomic E-state index is -0.769. The van der Waals surface area contributed by atoms with Crippen LogP contribution in [0.5, 0.6) is 0 Å². The molecule has 0 unspecified atom stereocenters. The number of carbonyl (C=O) groups excluding carboxylic acids is 1. The van der Waals surface area contributed by atoms with Crippen molar-refractivity contribution in [2.45, 2.75) is 64.2 Å². The summed E-state index contributed by atoms with van der Waals surface area (Å²) in [5, 5.41) is 8.56. The second-order valence-corrected chi connectivity index (χ2v) is 6.23. The van der Waals surface area contributed by atoms with Crippen LogP contribution in [-0.2, 0) is 9.59 Å². The predicted octanol–water partition coefficient (Wildman–Crippen LogP) is 2.81. The molecule has 2 aliphatic rings. The molecule has 1 heterocycles. The van der Waals surface area contributed by atoms with Crippen molar-refractivity contribution in [1.29, 1.82) is 0 Å². The van der Waals surface area contributed by atoms with Crippen LogP contribution in [-0.4, -0.2) is 35.0 Å². The van der Waals surface area contributed by atoms with Gasteiger partial charge in [0.2, 0.25) is 5.91 Å². The van der Waals surface area contributed by atoms with Gasteiger partial charge in [-0.25, -0.2) is 0 Å². The van der Waals surface area contributed by atoms with Crippen molar-refractivity contribution in [2.75, 3.05) is 13.1 Å². The number of carboxylic acid groups (broad SMARTS) is 1. The number of carbonyl (C=O) groups is 2. The fourth-order valence-electron chi connectivity index (χ4n) is 3.57. The molecule has 0 aromatic carbocycles. The second kappa shape index (κ2) is 6.40. The molecule has 4 heteroatoms. The summed E-state index contributed by atoms with van der Waals surface area (Å²) in [6.45, 7) is 1.86. The van der Waals surface area contributed by atoms with E-state index in [4.69, 9.17) is 5.11 Å². The Morgan fingerprint density at radius 1 is 1.00 bits per heavy atom. The molecular weight excluding hydrogens is 242 g/mol. The van der Waals surface area contributed by atoms with Crippen LogP contribution in [0, 0.1) is 5.41 Å². The molecule has 1 aliphatic carbocycles. The maximum Gasteiger partial charge on any atom is 0.303 e. The summed E-state index contributed by atoms with van der Waals surface area (Å²) in [4.78, 5) is 24.5. The lowest BCUT2D eigenvalue weighted by molar-refractivity contribution is -0.137. The van der Waals surface area contributed by atoms with Crippen LogP contribution in [0.25, 0.3) is 0 Å². The van der Waals surface area contributed by atoms with E-state index in [0.717, 1.165) is 13.1 Å². The number of hydrogen-bond acceptors (Lipinski definition) is 2. The standard InChI is InChI=1S/C15H25NO3/c17-13(6-2-3-7-14(18)19)16-11-10-15(12-16)8-4-1-5-9-15/h1-12H2,(H,18,19). The molecule has 1 spiro atoms. The summed E-state index contributed by atoms with van der Waals surface area (Å²) >= 11 is 0. The van der Waals surface area contributed by atoms with Crippen LogP contribution >= 0.6 is 0 Å². The van der Waals surface area contributed by atoms with Gasteiger partial charge in [-0.2, -0.15) is 0 Å². The first kappa shape index (κ1) is 14.4. The number of hydrogen-bond donors (Lipinski definition) is 1. The average Bonchev–Trinajstić information content (AvgIpc) is 2.79. The molecule has 2 rings (SSSR count). The van der Waals surface area contributed by atoms with Crippen LogP contribution in [0.15, 0.2) is 0 Å². The Hall–Kier alpha value is -1.06. The Balaban J connectivity index is 1.71. The zero-order valence-corrected chi connectivity index (χ0v) is 11.7. The molecule has 108 valence electrons. The van der Waals surface area contributed by atoms with Gasteiger partial charge in [-0.1, -0.05) is 19.3 Å². The van der Waals surface area contributed by atoms with Gasteiger partial charge in [0.05, 0.1) is 0 Å². The van der Waals surface area contributed by atoms with E-state index in [0.29, 0.717) is 24.7 Å². The molecule has 4 nitrogen and oxygen atoms in total. The van der Waals surface area contributed by atoms with Gasteiger partial charge in [-0.3, -0.25) is 9.59 Å². The van der Waals surface area contributed by atoms with Crippen molar-refractivity contribution < 1.29 is 14.7 Å². The predicted molar refractivity (Wildman–Crippen MR) is 72.8 cm³/mol. The summed E-state index contributed by atoms with van der Waals surface area (Å²) in [7, 11) is 0. The van der Waals surface area contributed by atoms with Gasteiger partial charge in [0.1, 0.15) is 0 Å². The number of unbranched alkanes of at least 4 members (excludes halogenated alkanes) is 1. The number of nitrogens with zero attached hydrogens (tertiary/aromatic N) is 1. The van der Waals surface area contributed by atoms with Crippen molar-refractivity contribution in [1.82, 2.24) is 4.90 Å². The number of rotatable bonds is 5. The van der Waals surface area contributed by atoms with E-state index in [-0.39, 0.29) is 12.3 Å². The van der Waals surface area contributed by atoms with E-state index in [2.05, 4.69) is 0 Å². The third kappa shape index (κ3) is 3.95.